The van der Waals surface area contributed by atoms with Gasteiger partial charge in [0.1, 0.15) is 0 Å². The Bertz CT molecular complexity index is 552. The number of benzene rings is 1. The van der Waals surface area contributed by atoms with Crippen molar-refractivity contribution in [1.82, 2.24) is 10.0 Å². The first-order valence-electron chi connectivity index (χ1n) is 7.70. The Hall–Kier alpha value is -0.910. The molecule has 1 saturated heterocycles. The summed E-state index contributed by atoms with van der Waals surface area (Å²) < 4.78 is 27.7. The Kier molecular flexibility index (Phi) is 5.41. The van der Waals surface area contributed by atoms with Crippen molar-refractivity contribution >= 4 is 10.0 Å². The molecule has 0 aromatic heterocycles. The van der Waals surface area contributed by atoms with E-state index in [9.17, 15) is 8.42 Å². The van der Waals surface area contributed by atoms with Gasteiger partial charge in [-0.2, -0.15) is 0 Å². The molecule has 1 fully saturated rings. The fourth-order valence-electron chi connectivity index (χ4n) is 2.73. The van der Waals surface area contributed by atoms with Crippen molar-refractivity contribution in [2.45, 2.75) is 44.6 Å². The van der Waals surface area contributed by atoms with Gasteiger partial charge >= 0.3 is 0 Å². The third kappa shape index (κ3) is 4.53. The molecule has 118 valence electrons. The van der Waals surface area contributed by atoms with Crippen molar-refractivity contribution in [3.63, 3.8) is 0 Å². The highest BCUT2D eigenvalue weighted by atomic mass is 32.2. The van der Waals surface area contributed by atoms with Crippen molar-refractivity contribution < 1.29 is 8.42 Å². The van der Waals surface area contributed by atoms with E-state index in [4.69, 9.17) is 0 Å². The van der Waals surface area contributed by atoms with E-state index in [1.807, 2.05) is 12.1 Å². The zero-order chi connectivity index (χ0) is 15.5. The molecule has 1 heterocycles. The van der Waals surface area contributed by atoms with Gasteiger partial charge in [-0.15, -0.1) is 0 Å². The topological polar surface area (TPSA) is 58.2 Å². The molecule has 4 nitrogen and oxygen atoms in total. The second-order valence-electron chi connectivity index (χ2n) is 6.44. The summed E-state index contributed by atoms with van der Waals surface area (Å²) in [7, 11) is -3.42. The average Bonchev–Trinajstić information content (AvgIpc) is 2.41. The number of rotatable bonds is 5. The van der Waals surface area contributed by atoms with Gasteiger partial charge in [-0.25, -0.2) is 13.1 Å². The number of sulfonamides is 1. The Morgan fingerprint density at radius 3 is 2.52 bits per heavy atom. The fraction of sp³-hybridized carbons (Fsp3) is 0.625. The lowest BCUT2D eigenvalue weighted by Gasteiger charge is -2.29. The maximum absolute atomic E-state index is 12.4. The first-order chi connectivity index (χ1) is 9.88. The lowest BCUT2D eigenvalue weighted by atomic mass is 9.97. The molecule has 21 heavy (non-hydrogen) atoms. The highest BCUT2D eigenvalue weighted by Crippen LogP contribution is 2.17. The average molecular weight is 310 g/mol. The van der Waals surface area contributed by atoms with Crippen LogP contribution in [-0.2, 0) is 16.4 Å². The summed E-state index contributed by atoms with van der Waals surface area (Å²) in [4.78, 5) is 0.362. The second-order valence-corrected chi connectivity index (χ2v) is 8.15. The Balaban J connectivity index is 2.08. The van der Waals surface area contributed by atoms with E-state index in [1.54, 1.807) is 12.1 Å². The molecule has 1 aliphatic rings. The van der Waals surface area contributed by atoms with Crippen LogP contribution in [0.3, 0.4) is 0 Å². The van der Waals surface area contributed by atoms with Crippen LogP contribution >= 0.6 is 0 Å². The predicted molar refractivity (Wildman–Crippen MR) is 85.7 cm³/mol. The van der Waals surface area contributed by atoms with Crippen LogP contribution in [-0.4, -0.2) is 27.5 Å². The molecule has 2 N–H and O–H groups in total. The van der Waals surface area contributed by atoms with E-state index in [2.05, 4.69) is 30.8 Å². The largest absolute Gasteiger partial charge is 0.316 e. The summed E-state index contributed by atoms with van der Waals surface area (Å²) >= 11 is 0. The quantitative estimate of drug-likeness (QED) is 0.876. The maximum Gasteiger partial charge on any atom is 0.240 e. The second kappa shape index (κ2) is 6.90. The normalized spacial score (nSPS) is 23.4. The Morgan fingerprint density at radius 2 is 1.95 bits per heavy atom. The molecule has 0 radical (unpaired) electrons. The number of piperidine rings is 1. The molecular weight excluding hydrogens is 284 g/mol. The van der Waals surface area contributed by atoms with Gasteiger partial charge in [0.25, 0.3) is 0 Å². The third-order valence-electron chi connectivity index (χ3n) is 3.97. The minimum Gasteiger partial charge on any atom is -0.316 e. The SMILES string of the molecule is CC(C)Cc1ccc(S(=O)(=O)NC2CCNCC2C)cc1. The first kappa shape index (κ1) is 16.5. The molecule has 0 saturated carbocycles. The Labute approximate surface area is 128 Å². The van der Waals surface area contributed by atoms with Crippen molar-refractivity contribution in [3.8, 4) is 0 Å². The van der Waals surface area contributed by atoms with E-state index in [0.717, 1.165) is 25.9 Å². The number of hydrogen-bond donors (Lipinski definition) is 2. The monoisotopic (exact) mass is 310 g/mol. The lowest BCUT2D eigenvalue weighted by Crippen LogP contribution is -2.48. The molecule has 0 spiro atoms. The zero-order valence-electron chi connectivity index (χ0n) is 13.1. The minimum absolute atomic E-state index is 0.0200. The van der Waals surface area contributed by atoms with Gasteiger partial charge in [-0.1, -0.05) is 32.9 Å². The maximum atomic E-state index is 12.4. The van der Waals surface area contributed by atoms with Crippen molar-refractivity contribution in [2.24, 2.45) is 11.8 Å². The van der Waals surface area contributed by atoms with Crippen molar-refractivity contribution in [3.05, 3.63) is 29.8 Å². The molecular formula is C16H26N2O2S. The van der Waals surface area contributed by atoms with Crippen LogP contribution in [0.5, 0.6) is 0 Å². The lowest BCUT2D eigenvalue weighted by molar-refractivity contribution is 0.328. The van der Waals surface area contributed by atoms with Crippen molar-refractivity contribution in [1.29, 1.82) is 0 Å². The van der Waals surface area contributed by atoms with Crippen LogP contribution in [0, 0.1) is 11.8 Å². The number of hydrogen-bond acceptors (Lipinski definition) is 3. The molecule has 1 aromatic rings. The molecule has 5 heteroatoms. The molecule has 2 atom stereocenters. The molecule has 0 amide bonds. The van der Waals surface area contributed by atoms with E-state index in [-0.39, 0.29) is 6.04 Å². The van der Waals surface area contributed by atoms with Crippen LogP contribution in [0.4, 0.5) is 0 Å². The summed E-state index contributed by atoms with van der Waals surface area (Å²) in [5, 5.41) is 3.28. The molecule has 0 bridgehead atoms. The number of nitrogens with one attached hydrogen (secondary N) is 2. The standard InChI is InChI=1S/C16H26N2O2S/c1-12(2)10-14-4-6-15(7-5-14)21(19,20)18-16-8-9-17-11-13(16)3/h4-7,12-13,16-18H,8-11H2,1-3H3. The van der Waals surface area contributed by atoms with Crippen LogP contribution in [0.2, 0.25) is 0 Å². The minimum atomic E-state index is -3.42. The third-order valence-corrected chi connectivity index (χ3v) is 5.48. The van der Waals surface area contributed by atoms with E-state index in [0.29, 0.717) is 16.7 Å². The highest BCUT2D eigenvalue weighted by molar-refractivity contribution is 7.89. The van der Waals surface area contributed by atoms with Gasteiger partial charge in [0.05, 0.1) is 4.90 Å². The molecule has 0 aliphatic carbocycles. The summed E-state index contributed by atoms with van der Waals surface area (Å²) in [5.41, 5.74) is 1.18. The predicted octanol–water partition coefficient (Wildman–Crippen LogP) is 2.16. The molecule has 1 aromatic carbocycles. The van der Waals surface area contributed by atoms with E-state index < -0.39 is 10.0 Å². The summed E-state index contributed by atoms with van der Waals surface area (Å²) in [5.74, 6) is 0.884. The highest BCUT2D eigenvalue weighted by Gasteiger charge is 2.26. The molecule has 1 aliphatic heterocycles. The fourth-order valence-corrected chi connectivity index (χ4v) is 4.11. The summed E-state index contributed by atoms with van der Waals surface area (Å²) in [6, 6.07) is 7.28. The zero-order valence-corrected chi connectivity index (χ0v) is 13.9. The van der Waals surface area contributed by atoms with Crippen LogP contribution in [0.25, 0.3) is 0 Å². The van der Waals surface area contributed by atoms with Gasteiger partial charge in [0.2, 0.25) is 10.0 Å². The van der Waals surface area contributed by atoms with E-state index >= 15 is 0 Å². The van der Waals surface area contributed by atoms with E-state index in [1.165, 1.54) is 5.56 Å². The van der Waals surface area contributed by atoms with Gasteiger partial charge < -0.3 is 5.32 Å². The van der Waals surface area contributed by atoms with Crippen LogP contribution < -0.4 is 10.0 Å². The van der Waals surface area contributed by atoms with Gasteiger partial charge in [-0.3, -0.25) is 0 Å². The first-order valence-corrected chi connectivity index (χ1v) is 9.19. The molecule has 2 unspecified atom stereocenters. The Morgan fingerprint density at radius 1 is 1.29 bits per heavy atom. The molecule has 2 rings (SSSR count). The van der Waals surface area contributed by atoms with Crippen molar-refractivity contribution in [2.75, 3.05) is 13.1 Å². The van der Waals surface area contributed by atoms with Gasteiger partial charge in [0.15, 0.2) is 0 Å². The van der Waals surface area contributed by atoms with Crippen LogP contribution in [0.15, 0.2) is 29.2 Å². The smallest absolute Gasteiger partial charge is 0.240 e. The van der Waals surface area contributed by atoms with Gasteiger partial charge in [0, 0.05) is 6.04 Å². The summed E-state index contributed by atoms with van der Waals surface area (Å²) in [6.07, 6.45) is 1.81. The summed E-state index contributed by atoms with van der Waals surface area (Å²) in [6.45, 7) is 8.12. The van der Waals surface area contributed by atoms with Crippen LogP contribution in [0.1, 0.15) is 32.8 Å². The van der Waals surface area contributed by atoms with Gasteiger partial charge in [-0.05, 0) is 55.5 Å².